The van der Waals surface area contributed by atoms with Crippen molar-refractivity contribution in [3.63, 3.8) is 0 Å². The van der Waals surface area contributed by atoms with Gasteiger partial charge < -0.3 is 14.8 Å². The Morgan fingerprint density at radius 1 is 1.25 bits per heavy atom. The van der Waals surface area contributed by atoms with Gasteiger partial charge in [0.25, 0.3) is 0 Å². The predicted molar refractivity (Wildman–Crippen MR) is 71.8 cm³/mol. The summed E-state index contributed by atoms with van der Waals surface area (Å²) in [6.07, 6.45) is 7.16. The molecule has 6 heteroatoms. The molecule has 2 aliphatic rings. The van der Waals surface area contributed by atoms with Crippen molar-refractivity contribution in [3.05, 3.63) is 18.1 Å². The number of hydrogen-bond acceptors (Lipinski definition) is 6. The maximum Gasteiger partial charge on any atom is 0.182 e. The summed E-state index contributed by atoms with van der Waals surface area (Å²) in [6.45, 7) is 2.24. The second-order valence-electron chi connectivity index (χ2n) is 5.30. The van der Waals surface area contributed by atoms with E-state index in [1.807, 2.05) is 6.07 Å². The summed E-state index contributed by atoms with van der Waals surface area (Å²) in [7, 11) is 0. The van der Waals surface area contributed by atoms with Crippen LogP contribution in [0.1, 0.15) is 31.4 Å². The Morgan fingerprint density at radius 2 is 1.95 bits per heavy atom. The largest absolute Gasteiger partial charge is 0.367 e. The summed E-state index contributed by atoms with van der Waals surface area (Å²) in [6, 6.07) is 2.05. The Morgan fingerprint density at radius 3 is 2.65 bits per heavy atom. The smallest absolute Gasteiger partial charge is 0.182 e. The minimum absolute atomic E-state index is 0.305. The summed E-state index contributed by atoms with van der Waals surface area (Å²) in [5.41, 5.74) is 0.349. The van der Waals surface area contributed by atoms with Crippen LogP contribution in [0.3, 0.4) is 0 Å². The van der Waals surface area contributed by atoms with E-state index in [-0.39, 0.29) is 5.79 Å². The van der Waals surface area contributed by atoms with Crippen LogP contribution in [0.15, 0.2) is 12.4 Å². The molecule has 20 heavy (non-hydrogen) atoms. The second kappa shape index (κ2) is 5.73. The van der Waals surface area contributed by atoms with Gasteiger partial charge in [-0.2, -0.15) is 5.26 Å². The van der Waals surface area contributed by atoms with Gasteiger partial charge in [0.1, 0.15) is 6.07 Å². The molecule has 1 spiro atoms. The molecule has 1 aromatic rings. The van der Waals surface area contributed by atoms with Gasteiger partial charge in [0, 0.05) is 31.8 Å². The van der Waals surface area contributed by atoms with E-state index in [0.29, 0.717) is 30.6 Å². The standard InChI is InChI=1S/C14H18N4O2/c15-9-12-13(17-6-5-16-12)18-10-11-1-3-14(4-2-11)19-7-8-20-14/h5-6,11H,1-4,7-8,10H2,(H,17,18). The zero-order valence-electron chi connectivity index (χ0n) is 11.3. The Bertz CT molecular complexity index is 498. The zero-order valence-corrected chi connectivity index (χ0v) is 11.3. The quantitative estimate of drug-likeness (QED) is 0.903. The molecule has 1 aliphatic heterocycles. The van der Waals surface area contributed by atoms with Gasteiger partial charge in [-0.3, -0.25) is 0 Å². The lowest BCUT2D eigenvalue weighted by Crippen LogP contribution is -2.36. The van der Waals surface area contributed by atoms with Gasteiger partial charge in [0.05, 0.1) is 13.2 Å². The molecular formula is C14H18N4O2. The lowest BCUT2D eigenvalue weighted by molar-refractivity contribution is -0.181. The third kappa shape index (κ3) is 2.74. The highest BCUT2D eigenvalue weighted by atomic mass is 16.7. The van der Waals surface area contributed by atoms with Gasteiger partial charge in [0.15, 0.2) is 17.3 Å². The van der Waals surface area contributed by atoms with Crippen LogP contribution in [0.2, 0.25) is 0 Å². The number of nitrogens with zero attached hydrogens (tertiary/aromatic N) is 3. The normalized spacial score (nSPS) is 21.8. The van der Waals surface area contributed by atoms with E-state index in [2.05, 4.69) is 15.3 Å². The Labute approximate surface area is 118 Å². The van der Waals surface area contributed by atoms with Crippen LogP contribution in [0, 0.1) is 17.2 Å². The van der Waals surface area contributed by atoms with E-state index >= 15 is 0 Å². The molecule has 0 unspecified atom stereocenters. The van der Waals surface area contributed by atoms with Crippen molar-refractivity contribution in [3.8, 4) is 6.07 Å². The average Bonchev–Trinajstić information content (AvgIpc) is 2.95. The molecule has 106 valence electrons. The van der Waals surface area contributed by atoms with Crippen LogP contribution in [-0.2, 0) is 9.47 Å². The van der Waals surface area contributed by atoms with Crippen molar-refractivity contribution < 1.29 is 9.47 Å². The highest BCUT2D eigenvalue weighted by molar-refractivity contribution is 5.46. The SMILES string of the molecule is N#Cc1nccnc1NCC1CCC2(CC1)OCCO2. The van der Waals surface area contributed by atoms with E-state index in [0.717, 1.165) is 32.2 Å². The molecule has 6 nitrogen and oxygen atoms in total. The second-order valence-corrected chi connectivity index (χ2v) is 5.30. The number of ether oxygens (including phenoxy) is 2. The van der Waals surface area contributed by atoms with Gasteiger partial charge in [-0.15, -0.1) is 0 Å². The van der Waals surface area contributed by atoms with Gasteiger partial charge in [-0.25, -0.2) is 9.97 Å². The topological polar surface area (TPSA) is 80.1 Å². The molecule has 1 aliphatic carbocycles. The third-order valence-electron chi connectivity index (χ3n) is 4.04. The van der Waals surface area contributed by atoms with Crippen molar-refractivity contribution in [2.75, 3.05) is 25.1 Å². The van der Waals surface area contributed by atoms with Crippen LogP contribution in [-0.4, -0.2) is 35.5 Å². The van der Waals surface area contributed by atoms with Crippen LogP contribution in [0.25, 0.3) is 0 Å². The first kappa shape index (κ1) is 13.3. The van der Waals surface area contributed by atoms with Crippen LogP contribution in [0.5, 0.6) is 0 Å². The summed E-state index contributed by atoms with van der Waals surface area (Å²) >= 11 is 0. The van der Waals surface area contributed by atoms with Crippen molar-refractivity contribution in [2.45, 2.75) is 31.5 Å². The minimum Gasteiger partial charge on any atom is -0.367 e. The lowest BCUT2D eigenvalue weighted by atomic mass is 9.85. The first-order valence-corrected chi connectivity index (χ1v) is 7.04. The molecule has 1 saturated heterocycles. The third-order valence-corrected chi connectivity index (χ3v) is 4.04. The van der Waals surface area contributed by atoms with Crippen molar-refractivity contribution >= 4 is 5.82 Å². The predicted octanol–water partition coefficient (Wildman–Crippen LogP) is 1.69. The number of aromatic nitrogens is 2. The molecule has 2 fully saturated rings. The van der Waals surface area contributed by atoms with E-state index in [9.17, 15) is 0 Å². The molecule has 3 rings (SSSR count). The van der Waals surface area contributed by atoms with Crippen molar-refractivity contribution in [2.24, 2.45) is 5.92 Å². The highest BCUT2D eigenvalue weighted by Gasteiger charge is 2.40. The molecule has 0 amide bonds. The molecule has 0 aromatic carbocycles. The molecule has 0 atom stereocenters. The minimum atomic E-state index is -0.305. The lowest BCUT2D eigenvalue weighted by Gasteiger charge is -2.35. The van der Waals surface area contributed by atoms with Gasteiger partial charge >= 0.3 is 0 Å². The average molecular weight is 274 g/mol. The van der Waals surface area contributed by atoms with E-state index < -0.39 is 0 Å². The van der Waals surface area contributed by atoms with E-state index in [1.165, 1.54) is 6.20 Å². The first-order chi connectivity index (χ1) is 9.81. The number of nitrogens with one attached hydrogen (secondary N) is 1. The fourth-order valence-electron chi connectivity index (χ4n) is 2.90. The maximum absolute atomic E-state index is 8.97. The van der Waals surface area contributed by atoms with Crippen LogP contribution in [0.4, 0.5) is 5.82 Å². The Kier molecular flexibility index (Phi) is 3.81. The Balaban J connectivity index is 1.52. The molecule has 1 saturated carbocycles. The summed E-state index contributed by atoms with van der Waals surface area (Å²) < 4.78 is 11.4. The summed E-state index contributed by atoms with van der Waals surface area (Å²) in [5.74, 6) is 0.826. The number of hydrogen-bond donors (Lipinski definition) is 1. The number of nitriles is 1. The highest BCUT2D eigenvalue weighted by Crippen LogP contribution is 2.38. The van der Waals surface area contributed by atoms with Crippen LogP contribution >= 0.6 is 0 Å². The fourth-order valence-corrected chi connectivity index (χ4v) is 2.90. The molecule has 1 aromatic heterocycles. The molecule has 1 N–H and O–H groups in total. The van der Waals surface area contributed by atoms with Crippen molar-refractivity contribution in [1.29, 1.82) is 5.26 Å². The number of anilines is 1. The maximum atomic E-state index is 8.97. The molecule has 2 heterocycles. The monoisotopic (exact) mass is 274 g/mol. The van der Waals surface area contributed by atoms with Gasteiger partial charge in [0.2, 0.25) is 0 Å². The van der Waals surface area contributed by atoms with E-state index in [1.54, 1.807) is 6.20 Å². The van der Waals surface area contributed by atoms with Gasteiger partial charge in [-0.1, -0.05) is 0 Å². The Hall–Kier alpha value is -1.71. The van der Waals surface area contributed by atoms with Crippen molar-refractivity contribution in [1.82, 2.24) is 9.97 Å². The van der Waals surface area contributed by atoms with E-state index in [4.69, 9.17) is 14.7 Å². The molecular weight excluding hydrogens is 256 g/mol. The fraction of sp³-hybridized carbons (Fsp3) is 0.643. The number of rotatable bonds is 3. The van der Waals surface area contributed by atoms with Crippen LogP contribution < -0.4 is 5.32 Å². The van der Waals surface area contributed by atoms with Gasteiger partial charge in [-0.05, 0) is 18.8 Å². The summed E-state index contributed by atoms with van der Waals surface area (Å²) in [5, 5.41) is 12.2. The molecule has 0 bridgehead atoms. The summed E-state index contributed by atoms with van der Waals surface area (Å²) in [4.78, 5) is 8.15. The zero-order chi connectivity index (χ0) is 13.8. The first-order valence-electron chi connectivity index (χ1n) is 7.04. The molecule has 0 radical (unpaired) electrons.